The Bertz CT molecular complexity index is 348. The van der Waals surface area contributed by atoms with E-state index < -0.39 is 9.84 Å². The normalized spacial score (nSPS) is 29.9. The summed E-state index contributed by atoms with van der Waals surface area (Å²) in [6.45, 7) is 1.70. The first-order valence-corrected chi connectivity index (χ1v) is 7.45. The number of aliphatic imine (C=N–C) groups is 1. The summed E-state index contributed by atoms with van der Waals surface area (Å²) in [5, 5.41) is 3.29. The van der Waals surface area contributed by atoms with Gasteiger partial charge in [0.25, 0.3) is 0 Å². The molecule has 2 rings (SSSR count). The van der Waals surface area contributed by atoms with Crippen molar-refractivity contribution in [3.05, 3.63) is 0 Å². The van der Waals surface area contributed by atoms with Crippen LogP contribution >= 0.6 is 0 Å². The van der Waals surface area contributed by atoms with Gasteiger partial charge in [0, 0.05) is 19.5 Å². The fourth-order valence-electron chi connectivity index (χ4n) is 2.14. The number of rotatable bonds is 2. The molecule has 0 spiro atoms. The van der Waals surface area contributed by atoms with E-state index in [-0.39, 0.29) is 0 Å². The molecule has 0 amide bonds. The molecule has 0 saturated carbocycles. The number of amidine groups is 1. The summed E-state index contributed by atoms with van der Waals surface area (Å²) in [5.41, 5.74) is 0. The summed E-state index contributed by atoms with van der Waals surface area (Å²) in [6.07, 6.45) is 4.22. The Morgan fingerprint density at radius 1 is 1.40 bits per heavy atom. The maximum atomic E-state index is 11.2. The molecule has 5 heteroatoms. The highest BCUT2D eigenvalue weighted by Crippen LogP contribution is 2.17. The number of hydrogen-bond acceptors (Lipinski definition) is 4. The monoisotopic (exact) mass is 230 g/mol. The largest absolute Gasteiger partial charge is 0.374 e. The summed E-state index contributed by atoms with van der Waals surface area (Å²) < 4.78 is 22.5. The van der Waals surface area contributed by atoms with Gasteiger partial charge in [-0.1, -0.05) is 0 Å². The molecule has 0 aliphatic carbocycles. The summed E-state index contributed by atoms with van der Waals surface area (Å²) in [7, 11) is -2.73. The number of sulfone groups is 1. The standard InChI is InChI=1S/C10H18N2O2S/c13-15(14)6-4-9(8-15)7-12-10-3-1-2-5-11-10/h9H,1-8H2,(H,11,12). The topological polar surface area (TPSA) is 58.5 Å². The van der Waals surface area contributed by atoms with Gasteiger partial charge in [0.15, 0.2) is 9.84 Å². The van der Waals surface area contributed by atoms with Crippen LogP contribution in [0.2, 0.25) is 0 Å². The third-order valence-corrected chi connectivity index (χ3v) is 4.88. The molecule has 0 aromatic rings. The SMILES string of the molecule is O=S1(=O)CCC(CNC2=NCCCC2)C1. The van der Waals surface area contributed by atoms with Crippen LogP contribution in [-0.2, 0) is 9.84 Å². The smallest absolute Gasteiger partial charge is 0.150 e. The average Bonchev–Trinajstić information content (AvgIpc) is 2.57. The fourth-order valence-corrected chi connectivity index (χ4v) is 4.00. The van der Waals surface area contributed by atoms with Gasteiger partial charge in [0.1, 0.15) is 0 Å². The van der Waals surface area contributed by atoms with Gasteiger partial charge >= 0.3 is 0 Å². The molecule has 1 unspecified atom stereocenters. The van der Waals surface area contributed by atoms with Crippen molar-refractivity contribution < 1.29 is 8.42 Å². The zero-order valence-electron chi connectivity index (χ0n) is 8.91. The maximum absolute atomic E-state index is 11.2. The van der Waals surface area contributed by atoms with Gasteiger partial charge in [-0.15, -0.1) is 0 Å². The Balaban J connectivity index is 1.77. The maximum Gasteiger partial charge on any atom is 0.150 e. The lowest BCUT2D eigenvalue weighted by molar-refractivity contribution is 0.565. The first-order valence-electron chi connectivity index (χ1n) is 5.63. The molecule has 2 aliphatic heterocycles. The van der Waals surface area contributed by atoms with E-state index in [1.165, 1.54) is 12.8 Å². The van der Waals surface area contributed by atoms with Crippen LogP contribution < -0.4 is 5.32 Å². The van der Waals surface area contributed by atoms with Crippen molar-refractivity contribution in [2.24, 2.45) is 10.9 Å². The molecular weight excluding hydrogens is 212 g/mol. The lowest BCUT2D eigenvalue weighted by atomic mass is 10.1. The lowest BCUT2D eigenvalue weighted by Crippen LogP contribution is -2.31. The van der Waals surface area contributed by atoms with E-state index in [4.69, 9.17) is 0 Å². The Hall–Kier alpha value is -0.580. The molecule has 1 fully saturated rings. The van der Waals surface area contributed by atoms with Gasteiger partial charge in [0.2, 0.25) is 0 Å². The molecule has 4 nitrogen and oxygen atoms in total. The average molecular weight is 230 g/mol. The molecule has 1 saturated heterocycles. The fraction of sp³-hybridized carbons (Fsp3) is 0.900. The predicted molar refractivity (Wildman–Crippen MR) is 60.9 cm³/mol. The number of hydrogen-bond donors (Lipinski definition) is 1. The van der Waals surface area contributed by atoms with Gasteiger partial charge in [-0.25, -0.2) is 8.42 Å². The first-order chi connectivity index (χ1) is 7.16. The van der Waals surface area contributed by atoms with E-state index in [1.807, 2.05) is 0 Å². The van der Waals surface area contributed by atoms with Crippen LogP contribution in [0.1, 0.15) is 25.7 Å². The second-order valence-corrected chi connectivity index (χ2v) is 6.66. The quantitative estimate of drug-likeness (QED) is 0.755. The number of nitrogens with zero attached hydrogens (tertiary/aromatic N) is 1. The summed E-state index contributed by atoms with van der Waals surface area (Å²) in [5.74, 6) is 2.09. The van der Waals surface area contributed by atoms with Crippen LogP contribution in [0, 0.1) is 5.92 Å². The van der Waals surface area contributed by atoms with Gasteiger partial charge in [-0.05, 0) is 25.2 Å². The van der Waals surface area contributed by atoms with Gasteiger partial charge in [0.05, 0.1) is 17.3 Å². The van der Waals surface area contributed by atoms with Crippen molar-refractivity contribution in [2.75, 3.05) is 24.6 Å². The molecule has 1 atom stereocenters. The zero-order valence-corrected chi connectivity index (χ0v) is 9.72. The molecule has 2 heterocycles. The van der Waals surface area contributed by atoms with Crippen LogP contribution in [0.4, 0.5) is 0 Å². The van der Waals surface area contributed by atoms with E-state index >= 15 is 0 Å². The third-order valence-electron chi connectivity index (χ3n) is 3.05. The van der Waals surface area contributed by atoms with Crippen molar-refractivity contribution >= 4 is 15.7 Å². The summed E-state index contributed by atoms with van der Waals surface area (Å²) >= 11 is 0. The Labute approximate surface area is 91.1 Å². The minimum absolute atomic E-state index is 0.291. The third kappa shape index (κ3) is 3.19. The second kappa shape index (κ2) is 4.51. The van der Waals surface area contributed by atoms with Crippen molar-refractivity contribution in [1.29, 1.82) is 0 Å². The summed E-state index contributed by atoms with van der Waals surface area (Å²) in [6, 6.07) is 0. The van der Waals surface area contributed by atoms with Crippen molar-refractivity contribution in [2.45, 2.75) is 25.7 Å². The Morgan fingerprint density at radius 3 is 2.87 bits per heavy atom. The highest BCUT2D eigenvalue weighted by Gasteiger charge is 2.27. The van der Waals surface area contributed by atoms with Crippen LogP contribution in [0.5, 0.6) is 0 Å². The van der Waals surface area contributed by atoms with Gasteiger partial charge in [-0.3, -0.25) is 4.99 Å². The van der Waals surface area contributed by atoms with E-state index in [9.17, 15) is 8.42 Å². The minimum atomic E-state index is -2.73. The van der Waals surface area contributed by atoms with Crippen LogP contribution in [0.25, 0.3) is 0 Å². The molecule has 0 radical (unpaired) electrons. The molecular formula is C10H18N2O2S. The van der Waals surface area contributed by atoms with Crippen molar-refractivity contribution in [3.8, 4) is 0 Å². The highest BCUT2D eigenvalue weighted by molar-refractivity contribution is 7.91. The first kappa shape index (κ1) is 10.9. The van der Waals surface area contributed by atoms with Crippen LogP contribution in [-0.4, -0.2) is 38.8 Å². The van der Waals surface area contributed by atoms with E-state index in [0.29, 0.717) is 17.4 Å². The number of nitrogens with one attached hydrogen (secondary N) is 1. The molecule has 0 aromatic heterocycles. The van der Waals surface area contributed by atoms with Crippen molar-refractivity contribution in [3.63, 3.8) is 0 Å². The molecule has 0 aromatic carbocycles. The zero-order chi connectivity index (χ0) is 10.7. The van der Waals surface area contributed by atoms with Crippen molar-refractivity contribution in [1.82, 2.24) is 5.32 Å². The highest BCUT2D eigenvalue weighted by atomic mass is 32.2. The van der Waals surface area contributed by atoms with Gasteiger partial charge < -0.3 is 5.32 Å². The molecule has 1 N–H and O–H groups in total. The molecule has 15 heavy (non-hydrogen) atoms. The molecule has 0 bridgehead atoms. The van der Waals surface area contributed by atoms with Crippen LogP contribution in [0.3, 0.4) is 0 Å². The molecule has 86 valence electrons. The minimum Gasteiger partial charge on any atom is -0.374 e. The van der Waals surface area contributed by atoms with Crippen LogP contribution in [0.15, 0.2) is 4.99 Å². The Kier molecular flexibility index (Phi) is 3.29. The summed E-state index contributed by atoms with van der Waals surface area (Å²) in [4.78, 5) is 4.38. The Morgan fingerprint density at radius 2 is 2.27 bits per heavy atom. The van der Waals surface area contributed by atoms with Gasteiger partial charge in [-0.2, -0.15) is 0 Å². The molecule has 2 aliphatic rings. The second-order valence-electron chi connectivity index (χ2n) is 4.44. The predicted octanol–water partition coefficient (Wildman–Crippen LogP) is 0.593. The van der Waals surface area contributed by atoms with E-state index in [2.05, 4.69) is 10.3 Å². The lowest BCUT2D eigenvalue weighted by Gasteiger charge is -2.16. The van der Waals surface area contributed by atoms with E-state index in [1.54, 1.807) is 0 Å². The van der Waals surface area contributed by atoms with E-state index in [0.717, 1.165) is 31.8 Å².